The number of benzene rings is 2. The highest BCUT2D eigenvalue weighted by Crippen LogP contribution is 2.37. The number of aryl methyl sites for hydroxylation is 1. The second-order valence-corrected chi connectivity index (χ2v) is 10.5. The first-order valence-electron chi connectivity index (χ1n) is 9.75. The molecule has 0 aliphatic rings. The summed E-state index contributed by atoms with van der Waals surface area (Å²) in [6.45, 7) is 3.95. The lowest BCUT2D eigenvalue weighted by molar-refractivity contribution is 0.306. The van der Waals surface area contributed by atoms with Gasteiger partial charge < -0.3 is 4.74 Å². The summed E-state index contributed by atoms with van der Waals surface area (Å²) in [5.41, 5.74) is 3.48. The highest BCUT2D eigenvalue weighted by Gasteiger charge is 2.21. The summed E-state index contributed by atoms with van der Waals surface area (Å²) in [7, 11) is -3.39. The number of ether oxygens (including phenoxy) is 1. The number of sulfone groups is 1. The van der Waals surface area contributed by atoms with Gasteiger partial charge in [0.15, 0.2) is 9.84 Å². The van der Waals surface area contributed by atoms with Gasteiger partial charge in [0.25, 0.3) is 0 Å². The van der Waals surface area contributed by atoms with Crippen molar-refractivity contribution in [2.45, 2.75) is 37.0 Å². The molecule has 6 heteroatoms. The molecule has 0 amide bonds. The van der Waals surface area contributed by atoms with Gasteiger partial charge in [-0.15, -0.1) is 17.3 Å². The maximum absolute atomic E-state index is 12.4. The van der Waals surface area contributed by atoms with E-state index in [0.717, 1.165) is 21.6 Å². The van der Waals surface area contributed by atoms with Crippen molar-refractivity contribution >= 4 is 21.2 Å². The first-order valence-corrected chi connectivity index (χ1v) is 12.5. The van der Waals surface area contributed by atoms with Crippen LogP contribution in [0.4, 0.5) is 0 Å². The van der Waals surface area contributed by atoms with Crippen molar-refractivity contribution in [3.63, 3.8) is 0 Å². The first-order chi connectivity index (χ1) is 14.8. The zero-order valence-corrected chi connectivity index (χ0v) is 19.3. The average Bonchev–Trinajstić information content (AvgIpc) is 3.17. The molecule has 0 saturated carbocycles. The van der Waals surface area contributed by atoms with E-state index in [4.69, 9.17) is 10.00 Å². The van der Waals surface area contributed by atoms with Crippen molar-refractivity contribution in [1.29, 1.82) is 5.26 Å². The van der Waals surface area contributed by atoms with Crippen molar-refractivity contribution in [2.75, 3.05) is 6.26 Å². The Morgan fingerprint density at radius 1 is 1.10 bits per heavy atom. The van der Waals surface area contributed by atoms with E-state index in [1.54, 1.807) is 6.92 Å². The summed E-state index contributed by atoms with van der Waals surface area (Å²) in [6, 6.07) is 19.3. The van der Waals surface area contributed by atoms with Crippen molar-refractivity contribution < 1.29 is 13.2 Å². The van der Waals surface area contributed by atoms with Crippen LogP contribution in [0.1, 0.15) is 35.3 Å². The third-order valence-electron chi connectivity index (χ3n) is 4.80. The molecule has 0 spiro atoms. The van der Waals surface area contributed by atoms with Gasteiger partial charge in [-0.25, -0.2) is 8.42 Å². The Balaban J connectivity index is 1.95. The van der Waals surface area contributed by atoms with Gasteiger partial charge >= 0.3 is 0 Å². The molecule has 0 aliphatic heterocycles. The van der Waals surface area contributed by atoms with E-state index in [0.29, 0.717) is 15.5 Å². The van der Waals surface area contributed by atoms with Gasteiger partial charge in [0.2, 0.25) is 0 Å². The van der Waals surface area contributed by atoms with Crippen LogP contribution >= 0.6 is 11.3 Å². The fourth-order valence-corrected chi connectivity index (χ4v) is 5.69. The third kappa shape index (κ3) is 5.35. The Morgan fingerprint density at radius 2 is 1.81 bits per heavy atom. The quantitative estimate of drug-likeness (QED) is 0.432. The van der Waals surface area contributed by atoms with Crippen LogP contribution in [0.25, 0.3) is 11.1 Å². The summed E-state index contributed by atoms with van der Waals surface area (Å²) in [5.74, 6) is 6.37. The molecule has 0 bridgehead atoms. The average molecular weight is 450 g/mol. The maximum atomic E-state index is 12.4. The van der Waals surface area contributed by atoms with Crippen LogP contribution in [-0.2, 0) is 16.4 Å². The van der Waals surface area contributed by atoms with Crippen LogP contribution < -0.4 is 4.74 Å². The molecule has 1 aromatic heterocycles. The van der Waals surface area contributed by atoms with Crippen LogP contribution in [0, 0.1) is 30.1 Å². The molecule has 1 heterocycles. The van der Waals surface area contributed by atoms with Gasteiger partial charge in [0.1, 0.15) is 16.6 Å². The lowest BCUT2D eigenvalue weighted by Gasteiger charge is -2.14. The third-order valence-corrected chi connectivity index (χ3v) is 7.75. The molecule has 0 saturated heterocycles. The van der Waals surface area contributed by atoms with Crippen LogP contribution in [0.2, 0.25) is 0 Å². The zero-order chi connectivity index (χ0) is 22.4. The van der Waals surface area contributed by atoms with Crippen molar-refractivity contribution in [1.82, 2.24) is 0 Å². The molecule has 0 aliphatic carbocycles. The number of hydrogen-bond donors (Lipinski definition) is 0. The number of rotatable bonds is 7. The van der Waals surface area contributed by atoms with E-state index in [-0.39, 0.29) is 18.9 Å². The lowest BCUT2D eigenvalue weighted by atomic mass is 9.96. The minimum atomic E-state index is -3.39. The number of hydrogen-bond acceptors (Lipinski definition) is 5. The molecule has 0 fully saturated rings. The normalized spacial score (nSPS) is 11.8. The Hall–Kier alpha value is -3.06. The Labute approximate surface area is 188 Å². The van der Waals surface area contributed by atoms with Crippen molar-refractivity contribution in [3.05, 3.63) is 70.6 Å². The fraction of sp³-hybridized carbons (Fsp3) is 0.240. The molecular formula is C25H23NO3S2. The number of nitriles is 1. The predicted octanol–water partition coefficient (Wildman–Crippen LogP) is 5.73. The number of thiophene rings is 1. The molecule has 4 nitrogen and oxygen atoms in total. The lowest BCUT2D eigenvalue weighted by Crippen LogP contribution is -2.01. The topological polar surface area (TPSA) is 67.2 Å². The van der Waals surface area contributed by atoms with Crippen LogP contribution in [-0.4, -0.2) is 14.7 Å². The van der Waals surface area contributed by atoms with Crippen molar-refractivity contribution in [2.24, 2.45) is 0 Å². The van der Waals surface area contributed by atoms with Crippen LogP contribution in [0.5, 0.6) is 5.75 Å². The van der Waals surface area contributed by atoms with Gasteiger partial charge in [-0.05, 0) is 37.1 Å². The Morgan fingerprint density at radius 3 is 2.48 bits per heavy atom. The largest absolute Gasteiger partial charge is 0.488 e. The van der Waals surface area contributed by atoms with E-state index >= 15 is 0 Å². The zero-order valence-electron chi connectivity index (χ0n) is 17.7. The molecule has 0 radical (unpaired) electrons. The summed E-state index contributed by atoms with van der Waals surface area (Å²) < 4.78 is 31.3. The summed E-state index contributed by atoms with van der Waals surface area (Å²) in [5, 5.41) is 9.15. The van der Waals surface area contributed by atoms with E-state index in [1.807, 2.05) is 61.5 Å². The second kappa shape index (κ2) is 9.83. The maximum Gasteiger partial charge on any atom is 0.185 e. The second-order valence-electron chi connectivity index (χ2n) is 7.14. The molecule has 1 atom stereocenters. The highest BCUT2D eigenvalue weighted by atomic mass is 32.2. The summed E-state index contributed by atoms with van der Waals surface area (Å²) in [6.07, 6.45) is 1.51. The van der Waals surface area contributed by atoms with Crippen LogP contribution in [0.3, 0.4) is 0 Å². The first kappa shape index (κ1) is 22.6. The molecule has 0 unspecified atom stereocenters. The summed E-state index contributed by atoms with van der Waals surface area (Å²) in [4.78, 5) is 0.812. The van der Waals surface area contributed by atoms with Gasteiger partial charge in [0, 0.05) is 22.3 Å². The van der Waals surface area contributed by atoms with E-state index in [2.05, 4.69) is 17.9 Å². The molecule has 31 heavy (non-hydrogen) atoms. The Bertz CT molecular complexity index is 1290. The van der Waals surface area contributed by atoms with Gasteiger partial charge in [0.05, 0.1) is 18.4 Å². The van der Waals surface area contributed by atoms with E-state index < -0.39 is 9.84 Å². The molecule has 0 N–H and O–H groups in total. The number of para-hydroxylation sites is 1. The minimum Gasteiger partial charge on any atom is -0.488 e. The fourth-order valence-electron chi connectivity index (χ4n) is 3.39. The predicted molar refractivity (Wildman–Crippen MR) is 125 cm³/mol. The van der Waals surface area contributed by atoms with E-state index in [9.17, 15) is 8.42 Å². The van der Waals surface area contributed by atoms with Crippen molar-refractivity contribution in [3.8, 4) is 34.8 Å². The minimum absolute atomic E-state index is 0.231. The SMILES string of the molecule is CC#C[C@H](CC#N)c1ccccc1OCc1cc(-c2ccccc2C)c(S(C)(=O)=O)s1. The Kier molecular flexibility index (Phi) is 7.17. The molecule has 158 valence electrons. The highest BCUT2D eigenvalue weighted by molar-refractivity contribution is 7.93. The van der Waals surface area contributed by atoms with Gasteiger partial charge in [-0.1, -0.05) is 48.4 Å². The standard InChI is InChI=1S/C25H23NO3S2/c1-4-9-19(14-15-26)22-12-7-8-13-24(22)29-17-20-16-23(25(30-20)31(3,27)28)21-11-6-5-10-18(21)2/h5-8,10-13,16,19H,14,17H2,1-3H3/t19-/m1/s1. The molecule has 2 aromatic carbocycles. The monoisotopic (exact) mass is 449 g/mol. The molecule has 3 rings (SSSR count). The number of nitrogens with zero attached hydrogens (tertiary/aromatic N) is 1. The van der Waals surface area contributed by atoms with Gasteiger partial charge in [-0.2, -0.15) is 5.26 Å². The smallest absolute Gasteiger partial charge is 0.185 e. The van der Waals surface area contributed by atoms with Gasteiger partial charge in [-0.3, -0.25) is 0 Å². The van der Waals surface area contributed by atoms with E-state index in [1.165, 1.54) is 17.6 Å². The molecular weight excluding hydrogens is 426 g/mol. The van der Waals surface area contributed by atoms with Crippen LogP contribution in [0.15, 0.2) is 58.8 Å². The summed E-state index contributed by atoms with van der Waals surface area (Å²) >= 11 is 1.23. The molecule has 3 aromatic rings.